The molecule has 0 atom stereocenters. The van der Waals surface area contributed by atoms with Gasteiger partial charge in [0.2, 0.25) is 0 Å². The van der Waals surface area contributed by atoms with E-state index in [-0.39, 0.29) is 18.3 Å². The molecule has 0 heterocycles. The first kappa shape index (κ1) is 20.8. The van der Waals surface area contributed by atoms with Crippen LogP contribution >= 0.6 is 11.6 Å². The standard InChI is InChI=1S/C21H25ClN2O.ClH/c1-24(2,15-21(25)23-20-11-9-19(22)10-12-20)14-16-7-8-17-5-3-4-6-18(17)13-16;/h7-13H,3-6,14-15H2,1-2H3;1H. The maximum absolute atomic E-state index is 12.4. The van der Waals surface area contributed by atoms with Crippen molar-refractivity contribution in [3.05, 3.63) is 64.2 Å². The number of carbonyl (C=O) groups excluding carboxylic acids is 1. The average Bonchev–Trinajstić information content (AvgIpc) is 2.56. The molecule has 2 aromatic rings. The average molecular weight is 393 g/mol. The van der Waals surface area contributed by atoms with E-state index < -0.39 is 0 Å². The number of fused-ring (bicyclic) bond motifs is 1. The molecule has 0 fully saturated rings. The Hall–Kier alpha value is -1.55. The summed E-state index contributed by atoms with van der Waals surface area (Å²) in [7, 11) is 4.20. The molecule has 26 heavy (non-hydrogen) atoms. The van der Waals surface area contributed by atoms with Crippen molar-refractivity contribution in [2.45, 2.75) is 32.2 Å². The van der Waals surface area contributed by atoms with E-state index in [4.69, 9.17) is 11.6 Å². The highest BCUT2D eigenvalue weighted by atomic mass is 35.5. The normalized spacial score (nSPS) is 13.5. The number of halogens is 2. The number of nitrogens with zero attached hydrogens (tertiary/aromatic N) is 1. The summed E-state index contributed by atoms with van der Waals surface area (Å²) >= 11 is 5.88. The molecule has 1 aliphatic carbocycles. The third-order valence-corrected chi connectivity index (χ3v) is 4.98. The SMILES string of the molecule is C[N+](C)(CC(=O)Nc1ccc(Cl)cc1)Cc1ccc2c(c1)CCCC2.[Cl-]. The van der Waals surface area contributed by atoms with Gasteiger partial charge in [0.25, 0.3) is 5.91 Å². The maximum Gasteiger partial charge on any atom is 0.279 e. The van der Waals surface area contributed by atoms with E-state index in [0.717, 1.165) is 12.2 Å². The number of aryl methyl sites for hydroxylation is 2. The molecule has 2 aromatic carbocycles. The minimum atomic E-state index is 0. The van der Waals surface area contributed by atoms with Gasteiger partial charge in [-0.3, -0.25) is 4.79 Å². The summed E-state index contributed by atoms with van der Waals surface area (Å²) in [5.41, 5.74) is 5.09. The highest BCUT2D eigenvalue weighted by molar-refractivity contribution is 6.30. The number of anilines is 1. The van der Waals surface area contributed by atoms with E-state index in [1.807, 2.05) is 12.1 Å². The van der Waals surface area contributed by atoms with Gasteiger partial charge in [-0.25, -0.2) is 0 Å². The van der Waals surface area contributed by atoms with Crippen LogP contribution in [-0.4, -0.2) is 31.0 Å². The van der Waals surface area contributed by atoms with E-state index in [9.17, 15) is 4.79 Å². The Labute approximate surface area is 167 Å². The number of nitrogens with one attached hydrogen (secondary N) is 1. The fourth-order valence-corrected chi connectivity index (χ4v) is 3.68. The molecule has 0 spiro atoms. The molecule has 1 amide bonds. The number of carbonyl (C=O) groups is 1. The molecule has 5 heteroatoms. The van der Waals surface area contributed by atoms with Crippen LogP contribution in [-0.2, 0) is 24.2 Å². The molecule has 0 saturated heterocycles. The van der Waals surface area contributed by atoms with Gasteiger partial charge in [-0.05, 0) is 67.1 Å². The van der Waals surface area contributed by atoms with Crippen molar-refractivity contribution in [2.75, 3.05) is 26.0 Å². The molecule has 0 aromatic heterocycles. The van der Waals surface area contributed by atoms with Crippen LogP contribution in [0.5, 0.6) is 0 Å². The molecular formula is C21H26Cl2N2O. The van der Waals surface area contributed by atoms with Crippen LogP contribution in [0.2, 0.25) is 5.02 Å². The summed E-state index contributed by atoms with van der Waals surface area (Å²) in [5, 5.41) is 3.62. The minimum absolute atomic E-state index is 0. The molecule has 0 radical (unpaired) electrons. The van der Waals surface area contributed by atoms with Crippen LogP contribution in [0.25, 0.3) is 0 Å². The monoisotopic (exact) mass is 392 g/mol. The van der Waals surface area contributed by atoms with Gasteiger partial charge >= 0.3 is 0 Å². The number of likely N-dealkylation sites (N-methyl/N-ethyl adjacent to an activating group) is 1. The first-order valence-electron chi connectivity index (χ1n) is 8.89. The first-order chi connectivity index (χ1) is 11.9. The summed E-state index contributed by atoms with van der Waals surface area (Å²) in [6, 6.07) is 14.0. The number of amides is 1. The minimum Gasteiger partial charge on any atom is -1.00 e. The Morgan fingerprint density at radius 3 is 2.38 bits per heavy atom. The third-order valence-electron chi connectivity index (χ3n) is 4.72. The van der Waals surface area contributed by atoms with Gasteiger partial charge in [-0.1, -0.05) is 23.7 Å². The molecule has 140 valence electrons. The first-order valence-corrected chi connectivity index (χ1v) is 9.27. The molecule has 1 aliphatic rings. The van der Waals surface area contributed by atoms with E-state index in [2.05, 4.69) is 37.6 Å². The van der Waals surface area contributed by atoms with Gasteiger partial charge in [0.05, 0.1) is 14.1 Å². The van der Waals surface area contributed by atoms with E-state index in [1.54, 1.807) is 12.1 Å². The lowest BCUT2D eigenvalue weighted by Gasteiger charge is -2.29. The molecule has 0 aliphatic heterocycles. The van der Waals surface area contributed by atoms with Gasteiger partial charge in [0, 0.05) is 16.3 Å². The van der Waals surface area contributed by atoms with E-state index in [1.165, 1.54) is 42.4 Å². The molecule has 0 bridgehead atoms. The van der Waals surface area contributed by atoms with Crippen molar-refractivity contribution in [2.24, 2.45) is 0 Å². The summed E-state index contributed by atoms with van der Waals surface area (Å²) in [4.78, 5) is 12.4. The van der Waals surface area contributed by atoms with Crippen LogP contribution in [0, 0.1) is 0 Å². The molecule has 3 nitrogen and oxygen atoms in total. The molecule has 1 N–H and O–H groups in total. The zero-order valence-electron chi connectivity index (χ0n) is 15.4. The number of hydrogen-bond acceptors (Lipinski definition) is 1. The Bertz CT molecular complexity index is 757. The van der Waals surface area contributed by atoms with Crippen molar-refractivity contribution in [1.82, 2.24) is 0 Å². The van der Waals surface area contributed by atoms with Crippen molar-refractivity contribution in [3.63, 3.8) is 0 Å². The summed E-state index contributed by atoms with van der Waals surface area (Å²) in [6.07, 6.45) is 4.99. The van der Waals surface area contributed by atoms with Gasteiger partial charge in [0.1, 0.15) is 6.54 Å². The summed E-state index contributed by atoms with van der Waals surface area (Å²) < 4.78 is 0.623. The zero-order valence-corrected chi connectivity index (χ0v) is 16.9. The maximum atomic E-state index is 12.4. The molecule has 0 unspecified atom stereocenters. The van der Waals surface area contributed by atoms with Crippen molar-refractivity contribution in [1.29, 1.82) is 0 Å². The Kier molecular flexibility index (Phi) is 7.10. The number of benzene rings is 2. The third kappa shape index (κ3) is 5.73. The Morgan fingerprint density at radius 1 is 1.04 bits per heavy atom. The summed E-state index contributed by atoms with van der Waals surface area (Å²) in [5.74, 6) is 0.0188. The predicted octanol–water partition coefficient (Wildman–Crippen LogP) is 1.44. The Morgan fingerprint density at radius 2 is 1.69 bits per heavy atom. The lowest BCUT2D eigenvalue weighted by molar-refractivity contribution is -0.895. The topological polar surface area (TPSA) is 29.1 Å². The van der Waals surface area contributed by atoms with Gasteiger partial charge in [-0.2, -0.15) is 0 Å². The number of quaternary nitrogens is 1. The number of hydrogen-bond donors (Lipinski definition) is 1. The smallest absolute Gasteiger partial charge is 0.279 e. The summed E-state index contributed by atoms with van der Waals surface area (Å²) in [6.45, 7) is 1.28. The zero-order chi connectivity index (χ0) is 17.9. The fraction of sp³-hybridized carbons (Fsp3) is 0.381. The highest BCUT2D eigenvalue weighted by Crippen LogP contribution is 2.23. The van der Waals surface area contributed by atoms with Gasteiger partial charge in [-0.15, -0.1) is 0 Å². The van der Waals surface area contributed by atoms with Crippen LogP contribution in [0.1, 0.15) is 29.5 Å². The van der Waals surface area contributed by atoms with E-state index >= 15 is 0 Å². The molecule has 0 saturated carbocycles. The van der Waals surface area contributed by atoms with Crippen LogP contribution < -0.4 is 17.7 Å². The predicted molar refractivity (Wildman–Crippen MR) is 104 cm³/mol. The van der Waals surface area contributed by atoms with E-state index in [0.29, 0.717) is 16.1 Å². The second-order valence-electron chi connectivity index (χ2n) is 7.62. The van der Waals surface area contributed by atoms with Crippen molar-refractivity contribution < 1.29 is 21.7 Å². The lowest BCUT2D eigenvalue weighted by atomic mass is 9.90. The molecular weight excluding hydrogens is 367 g/mol. The highest BCUT2D eigenvalue weighted by Gasteiger charge is 2.21. The van der Waals surface area contributed by atoms with Gasteiger partial charge in [0.15, 0.2) is 6.54 Å². The largest absolute Gasteiger partial charge is 1.00 e. The van der Waals surface area contributed by atoms with Crippen LogP contribution in [0.4, 0.5) is 5.69 Å². The van der Waals surface area contributed by atoms with Gasteiger partial charge < -0.3 is 22.2 Å². The van der Waals surface area contributed by atoms with Crippen LogP contribution in [0.3, 0.4) is 0 Å². The quantitative estimate of drug-likeness (QED) is 0.766. The fourth-order valence-electron chi connectivity index (χ4n) is 3.56. The Balaban J connectivity index is 0.00000243. The molecule has 3 rings (SSSR count). The van der Waals surface area contributed by atoms with Crippen LogP contribution in [0.15, 0.2) is 42.5 Å². The lowest BCUT2D eigenvalue weighted by Crippen LogP contribution is -3.00. The van der Waals surface area contributed by atoms with Crippen molar-refractivity contribution in [3.8, 4) is 0 Å². The second-order valence-corrected chi connectivity index (χ2v) is 8.05. The second kappa shape index (κ2) is 8.90. The van der Waals surface area contributed by atoms with Crippen molar-refractivity contribution >= 4 is 23.2 Å². The number of rotatable bonds is 5.